The zero-order valence-electron chi connectivity index (χ0n) is 8.56. The number of halogens is 3. The van der Waals surface area contributed by atoms with Crippen LogP contribution in [0.2, 0.25) is 5.02 Å². The van der Waals surface area contributed by atoms with E-state index in [1.807, 2.05) is 6.92 Å². The van der Waals surface area contributed by atoms with Crippen LogP contribution in [0.25, 0.3) is 0 Å². The molecule has 0 spiro atoms. The fourth-order valence-electron chi connectivity index (χ4n) is 1.28. The maximum absolute atomic E-state index is 13.6. The van der Waals surface area contributed by atoms with Crippen molar-refractivity contribution in [2.45, 2.75) is 19.3 Å². The molecule has 1 N–H and O–H groups in total. The molecule has 0 fully saturated rings. The lowest BCUT2D eigenvalue weighted by atomic mass is 10.1. The minimum absolute atomic E-state index is 0.112. The molecule has 4 heteroatoms. The third-order valence-corrected chi connectivity index (χ3v) is 2.37. The molecule has 0 saturated carbocycles. The van der Waals surface area contributed by atoms with Crippen molar-refractivity contribution < 1.29 is 8.78 Å². The van der Waals surface area contributed by atoms with Crippen LogP contribution < -0.4 is 5.32 Å². The Morgan fingerprint density at radius 1 is 1.33 bits per heavy atom. The van der Waals surface area contributed by atoms with Gasteiger partial charge < -0.3 is 5.32 Å². The van der Waals surface area contributed by atoms with E-state index in [-0.39, 0.29) is 17.1 Å². The van der Waals surface area contributed by atoms with Crippen molar-refractivity contribution in [1.29, 1.82) is 0 Å². The number of rotatable bonds is 5. The summed E-state index contributed by atoms with van der Waals surface area (Å²) >= 11 is 5.71. The lowest BCUT2D eigenvalue weighted by Crippen LogP contribution is -2.31. The maximum Gasteiger partial charge on any atom is 0.286 e. The van der Waals surface area contributed by atoms with Gasteiger partial charge in [0.1, 0.15) is 0 Å². The van der Waals surface area contributed by atoms with E-state index < -0.39 is 5.92 Å². The first-order chi connectivity index (χ1) is 7.08. The Bertz CT molecular complexity index is 315. The van der Waals surface area contributed by atoms with Crippen molar-refractivity contribution in [3.8, 4) is 0 Å². The van der Waals surface area contributed by atoms with Gasteiger partial charge in [0.2, 0.25) is 0 Å². The van der Waals surface area contributed by atoms with Gasteiger partial charge in [0.05, 0.1) is 6.54 Å². The molecule has 1 rings (SSSR count). The topological polar surface area (TPSA) is 12.0 Å². The van der Waals surface area contributed by atoms with E-state index in [4.69, 9.17) is 11.6 Å². The van der Waals surface area contributed by atoms with Crippen LogP contribution in [-0.4, -0.2) is 13.1 Å². The van der Waals surface area contributed by atoms with Crippen molar-refractivity contribution in [2.75, 3.05) is 13.1 Å². The summed E-state index contributed by atoms with van der Waals surface area (Å²) in [7, 11) is 0. The number of hydrogen-bond acceptors (Lipinski definition) is 1. The first-order valence-corrected chi connectivity index (χ1v) is 5.29. The van der Waals surface area contributed by atoms with Gasteiger partial charge in [0.15, 0.2) is 0 Å². The van der Waals surface area contributed by atoms with E-state index in [1.165, 1.54) is 12.1 Å². The Morgan fingerprint density at radius 2 is 2.00 bits per heavy atom. The third kappa shape index (κ3) is 3.43. The highest BCUT2D eigenvalue weighted by Gasteiger charge is 2.32. The second-order valence-corrected chi connectivity index (χ2v) is 3.77. The molecule has 0 radical (unpaired) electrons. The Hall–Kier alpha value is -0.670. The van der Waals surface area contributed by atoms with Crippen LogP contribution in [0.1, 0.15) is 18.9 Å². The molecule has 15 heavy (non-hydrogen) atoms. The second kappa shape index (κ2) is 5.42. The molecule has 0 unspecified atom stereocenters. The number of alkyl halides is 2. The van der Waals surface area contributed by atoms with E-state index in [2.05, 4.69) is 5.32 Å². The fourth-order valence-corrected chi connectivity index (χ4v) is 1.55. The quantitative estimate of drug-likeness (QED) is 0.769. The summed E-state index contributed by atoms with van der Waals surface area (Å²) in [6.45, 7) is 2.14. The van der Waals surface area contributed by atoms with E-state index >= 15 is 0 Å². The Balaban J connectivity index is 2.72. The van der Waals surface area contributed by atoms with Crippen LogP contribution >= 0.6 is 11.6 Å². The minimum Gasteiger partial charge on any atom is -0.311 e. The van der Waals surface area contributed by atoms with Crippen molar-refractivity contribution in [3.05, 3.63) is 34.9 Å². The van der Waals surface area contributed by atoms with Crippen molar-refractivity contribution in [1.82, 2.24) is 5.32 Å². The highest BCUT2D eigenvalue weighted by Crippen LogP contribution is 2.32. The summed E-state index contributed by atoms with van der Waals surface area (Å²) in [5, 5.41) is 2.80. The monoisotopic (exact) mass is 233 g/mol. The van der Waals surface area contributed by atoms with Gasteiger partial charge in [0, 0.05) is 10.6 Å². The standard InChI is InChI=1S/C11H14ClF2N/c1-2-7-15-8-11(13,14)9-5-3-4-6-10(9)12/h3-6,15H,2,7-8H2,1H3. The van der Waals surface area contributed by atoms with Crippen molar-refractivity contribution >= 4 is 11.6 Å². The Kier molecular flexibility index (Phi) is 4.48. The number of benzene rings is 1. The van der Waals surface area contributed by atoms with Crippen LogP contribution in [0.3, 0.4) is 0 Å². The molecule has 1 aromatic carbocycles. The van der Waals surface area contributed by atoms with Gasteiger partial charge in [-0.05, 0) is 19.0 Å². The van der Waals surface area contributed by atoms with Crippen molar-refractivity contribution in [3.63, 3.8) is 0 Å². The van der Waals surface area contributed by atoms with Crippen LogP contribution in [0.5, 0.6) is 0 Å². The molecule has 0 atom stereocenters. The van der Waals surface area contributed by atoms with Gasteiger partial charge in [-0.15, -0.1) is 0 Å². The summed E-state index contributed by atoms with van der Waals surface area (Å²) < 4.78 is 27.2. The van der Waals surface area contributed by atoms with Crippen LogP contribution in [-0.2, 0) is 5.92 Å². The predicted molar refractivity (Wildman–Crippen MR) is 58.5 cm³/mol. The smallest absolute Gasteiger partial charge is 0.286 e. The molecule has 0 amide bonds. The molecule has 84 valence electrons. The third-order valence-electron chi connectivity index (χ3n) is 2.04. The Labute approximate surface area is 93.4 Å². The molecule has 0 aromatic heterocycles. The van der Waals surface area contributed by atoms with Gasteiger partial charge in [-0.1, -0.05) is 36.7 Å². The first kappa shape index (κ1) is 12.4. The fraction of sp³-hybridized carbons (Fsp3) is 0.455. The zero-order valence-corrected chi connectivity index (χ0v) is 9.32. The lowest BCUT2D eigenvalue weighted by molar-refractivity contribution is -0.00279. The molecular weight excluding hydrogens is 220 g/mol. The molecule has 0 aliphatic carbocycles. The van der Waals surface area contributed by atoms with Crippen LogP contribution in [0, 0.1) is 0 Å². The lowest BCUT2D eigenvalue weighted by Gasteiger charge is -2.18. The largest absolute Gasteiger partial charge is 0.311 e. The summed E-state index contributed by atoms with van der Waals surface area (Å²) in [5.41, 5.74) is -0.115. The van der Waals surface area contributed by atoms with E-state index in [9.17, 15) is 8.78 Å². The average Bonchev–Trinajstić information content (AvgIpc) is 2.18. The molecule has 0 aliphatic rings. The van der Waals surface area contributed by atoms with E-state index in [0.717, 1.165) is 6.42 Å². The minimum atomic E-state index is -2.91. The first-order valence-electron chi connectivity index (χ1n) is 4.91. The maximum atomic E-state index is 13.6. The van der Waals surface area contributed by atoms with Crippen molar-refractivity contribution in [2.24, 2.45) is 0 Å². The highest BCUT2D eigenvalue weighted by molar-refractivity contribution is 6.31. The molecule has 0 saturated heterocycles. The van der Waals surface area contributed by atoms with Crippen LogP contribution in [0.15, 0.2) is 24.3 Å². The number of hydrogen-bond donors (Lipinski definition) is 1. The molecule has 0 aliphatic heterocycles. The molecule has 0 bridgehead atoms. The predicted octanol–water partition coefficient (Wildman–Crippen LogP) is 3.43. The molecule has 1 aromatic rings. The van der Waals surface area contributed by atoms with Gasteiger partial charge in [-0.3, -0.25) is 0 Å². The van der Waals surface area contributed by atoms with Crippen LogP contribution in [0.4, 0.5) is 8.78 Å². The van der Waals surface area contributed by atoms with Gasteiger partial charge >= 0.3 is 0 Å². The Morgan fingerprint density at radius 3 is 2.60 bits per heavy atom. The van der Waals surface area contributed by atoms with Gasteiger partial charge in [-0.25, -0.2) is 0 Å². The van der Waals surface area contributed by atoms with Gasteiger partial charge in [-0.2, -0.15) is 8.78 Å². The summed E-state index contributed by atoms with van der Waals surface area (Å²) in [6.07, 6.45) is 0.832. The molecular formula is C11H14ClF2N. The summed E-state index contributed by atoms with van der Waals surface area (Å²) in [5.74, 6) is -2.91. The molecule has 0 heterocycles. The highest BCUT2D eigenvalue weighted by atomic mass is 35.5. The normalized spacial score (nSPS) is 11.7. The second-order valence-electron chi connectivity index (χ2n) is 3.36. The van der Waals surface area contributed by atoms with E-state index in [1.54, 1.807) is 12.1 Å². The average molecular weight is 234 g/mol. The molecule has 1 nitrogen and oxygen atoms in total. The van der Waals surface area contributed by atoms with E-state index in [0.29, 0.717) is 6.54 Å². The zero-order chi connectivity index (χ0) is 11.3. The SMILES string of the molecule is CCCNCC(F)(F)c1ccccc1Cl. The summed E-state index contributed by atoms with van der Waals surface area (Å²) in [6, 6.07) is 6.04. The number of nitrogens with one attached hydrogen (secondary N) is 1. The van der Waals surface area contributed by atoms with Gasteiger partial charge in [0.25, 0.3) is 5.92 Å². The summed E-state index contributed by atoms with van der Waals surface area (Å²) in [4.78, 5) is 0.